The summed E-state index contributed by atoms with van der Waals surface area (Å²) in [6, 6.07) is 17.2. The van der Waals surface area contributed by atoms with Gasteiger partial charge in [-0.05, 0) is 19.1 Å². The highest BCUT2D eigenvalue weighted by atomic mass is 16.5. The quantitative estimate of drug-likeness (QED) is 0.503. The maximum atomic E-state index is 12.8. The van der Waals surface area contributed by atoms with Crippen LogP contribution in [0.3, 0.4) is 0 Å². The van der Waals surface area contributed by atoms with Crippen molar-refractivity contribution in [2.24, 2.45) is 0 Å². The Labute approximate surface area is 167 Å². The number of ether oxygens (including phenoxy) is 1. The second-order valence-electron chi connectivity index (χ2n) is 7.18. The highest BCUT2D eigenvalue weighted by molar-refractivity contribution is 5.91. The monoisotopic (exact) mass is 387 g/mol. The van der Waals surface area contributed by atoms with Crippen molar-refractivity contribution in [3.63, 3.8) is 0 Å². The van der Waals surface area contributed by atoms with Crippen LogP contribution in [-0.4, -0.2) is 50.8 Å². The van der Waals surface area contributed by atoms with E-state index in [1.165, 1.54) is 0 Å². The molecule has 1 atom stereocenters. The molecule has 0 radical (unpaired) electrons. The number of hydrogen-bond donors (Lipinski definition) is 0. The van der Waals surface area contributed by atoms with Crippen LogP contribution >= 0.6 is 0 Å². The first kappa shape index (κ1) is 17.9. The Balaban J connectivity index is 1.78. The third-order valence-electron chi connectivity index (χ3n) is 5.42. The maximum Gasteiger partial charge on any atom is 0.300 e. The summed E-state index contributed by atoms with van der Waals surface area (Å²) in [6.45, 7) is 5.18. The van der Waals surface area contributed by atoms with Crippen LogP contribution in [0.4, 0.5) is 0 Å². The summed E-state index contributed by atoms with van der Waals surface area (Å²) in [6.07, 6.45) is 0. The van der Waals surface area contributed by atoms with Gasteiger partial charge in [-0.1, -0.05) is 42.5 Å². The Morgan fingerprint density at radius 3 is 2.48 bits per heavy atom. The molecule has 3 heterocycles. The molecule has 0 amide bonds. The molecule has 2 aromatic heterocycles. The molecule has 29 heavy (non-hydrogen) atoms. The molecule has 4 aromatic rings. The molecule has 5 rings (SSSR count). The normalized spacial score (nSPS) is 16.3. The van der Waals surface area contributed by atoms with Crippen LogP contribution in [0.5, 0.6) is 0 Å². The van der Waals surface area contributed by atoms with E-state index >= 15 is 0 Å². The number of morpholine rings is 1. The van der Waals surface area contributed by atoms with Gasteiger partial charge < -0.3 is 4.74 Å². The van der Waals surface area contributed by atoms with E-state index in [-0.39, 0.29) is 11.6 Å². The molecule has 1 aliphatic heterocycles. The van der Waals surface area contributed by atoms with Crippen molar-refractivity contribution in [3.05, 3.63) is 70.8 Å². The number of fused-ring (bicyclic) bond motifs is 3. The van der Waals surface area contributed by atoms with E-state index < -0.39 is 0 Å². The topological polar surface area (TPSA) is 72.6 Å². The minimum atomic E-state index is -0.336. The van der Waals surface area contributed by atoms with Gasteiger partial charge in [-0.2, -0.15) is 14.6 Å². The number of aromatic nitrogens is 4. The second kappa shape index (κ2) is 7.35. The molecule has 0 saturated carbocycles. The zero-order valence-corrected chi connectivity index (χ0v) is 16.2. The lowest BCUT2D eigenvalue weighted by Crippen LogP contribution is -2.39. The Kier molecular flexibility index (Phi) is 4.54. The third-order valence-corrected chi connectivity index (χ3v) is 5.42. The molecule has 0 unspecified atom stereocenters. The predicted octanol–water partition coefficient (Wildman–Crippen LogP) is 2.70. The Hall–Kier alpha value is -3.16. The fourth-order valence-electron chi connectivity index (χ4n) is 3.83. The smallest absolute Gasteiger partial charge is 0.300 e. The van der Waals surface area contributed by atoms with E-state index in [9.17, 15) is 4.79 Å². The van der Waals surface area contributed by atoms with Gasteiger partial charge in [-0.15, -0.1) is 0 Å². The zero-order chi connectivity index (χ0) is 19.8. The van der Waals surface area contributed by atoms with Crippen LogP contribution in [0.2, 0.25) is 0 Å². The van der Waals surface area contributed by atoms with Gasteiger partial charge in [0, 0.05) is 24.0 Å². The molecule has 1 fully saturated rings. The largest absolute Gasteiger partial charge is 0.379 e. The van der Waals surface area contributed by atoms with Gasteiger partial charge in [0.05, 0.1) is 24.8 Å². The minimum Gasteiger partial charge on any atom is -0.379 e. The van der Waals surface area contributed by atoms with Crippen LogP contribution < -0.4 is 5.56 Å². The SMILES string of the molecule is C[C@@H](c1nc2ccccc2c2nc(=O)c(-c3ccccc3)nn12)N1CCOCC1. The molecule has 0 aliphatic carbocycles. The fraction of sp³-hybridized carbons (Fsp3) is 0.273. The summed E-state index contributed by atoms with van der Waals surface area (Å²) in [5.74, 6) is 0.769. The first-order valence-electron chi connectivity index (χ1n) is 9.79. The van der Waals surface area contributed by atoms with E-state index in [4.69, 9.17) is 14.8 Å². The number of hydrogen-bond acceptors (Lipinski definition) is 6. The van der Waals surface area contributed by atoms with Crippen LogP contribution in [0.15, 0.2) is 59.4 Å². The first-order chi connectivity index (χ1) is 14.2. The molecule has 7 nitrogen and oxygen atoms in total. The number of benzene rings is 2. The summed E-state index contributed by atoms with van der Waals surface area (Å²) >= 11 is 0. The summed E-state index contributed by atoms with van der Waals surface area (Å²) in [7, 11) is 0. The van der Waals surface area contributed by atoms with Crippen molar-refractivity contribution in [1.29, 1.82) is 0 Å². The standard InChI is InChI=1S/C22H21N5O2/c1-15(26-11-13-29-14-12-26)20-23-18-10-6-5-9-17(18)21-24-22(28)19(25-27(20)21)16-7-3-2-4-8-16/h2-10,15H,11-14H2,1H3/t15-/m0/s1. The number of nitrogens with zero attached hydrogens (tertiary/aromatic N) is 5. The second-order valence-corrected chi connectivity index (χ2v) is 7.18. The van der Waals surface area contributed by atoms with Crippen molar-refractivity contribution >= 4 is 16.6 Å². The molecule has 1 aliphatic rings. The van der Waals surface area contributed by atoms with Crippen LogP contribution in [0.1, 0.15) is 18.8 Å². The summed E-state index contributed by atoms with van der Waals surface area (Å²) < 4.78 is 7.24. The van der Waals surface area contributed by atoms with Crippen molar-refractivity contribution in [2.45, 2.75) is 13.0 Å². The number of rotatable bonds is 3. The molecular formula is C22H21N5O2. The summed E-state index contributed by atoms with van der Waals surface area (Å²) in [5.41, 5.74) is 2.09. The molecule has 1 saturated heterocycles. The highest BCUT2D eigenvalue weighted by Gasteiger charge is 2.24. The Bertz CT molecular complexity index is 1230. The van der Waals surface area contributed by atoms with Crippen LogP contribution in [0, 0.1) is 0 Å². The van der Waals surface area contributed by atoms with Crippen molar-refractivity contribution < 1.29 is 4.74 Å². The van der Waals surface area contributed by atoms with Gasteiger partial charge in [-0.25, -0.2) is 4.98 Å². The zero-order valence-electron chi connectivity index (χ0n) is 16.2. The Morgan fingerprint density at radius 1 is 0.966 bits per heavy atom. The number of para-hydroxylation sites is 1. The third kappa shape index (κ3) is 3.18. The molecule has 7 heteroatoms. The van der Waals surface area contributed by atoms with E-state index in [2.05, 4.69) is 16.8 Å². The van der Waals surface area contributed by atoms with Gasteiger partial charge in [0.2, 0.25) is 0 Å². The summed E-state index contributed by atoms with van der Waals surface area (Å²) in [4.78, 5) is 24.5. The average molecular weight is 387 g/mol. The van der Waals surface area contributed by atoms with Gasteiger partial charge in [0.1, 0.15) is 5.82 Å². The molecule has 0 spiro atoms. The van der Waals surface area contributed by atoms with Crippen molar-refractivity contribution in [1.82, 2.24) is 24.5 Å². The molecule has 0 bridgehead atoms. The fourth-order valence-corrected chi connectivity index (χ4v) is 3.83. The highest BCUT2D eigenvalue weighted by Crippen LogP contribution is 2.25. The van der Waals surface area contributed by atoms with Crippen molar-refractivity contribution in [3.8, 4) is 11.3 Å². The van der Waals surface area contributed by atoms with Gasteiger partial charge in [0.25, 0.3) is 5.56 Å². The van der Waals surface area contributed by atoms with Gasteiger partial charge in [0.15, 0.2) is 11.3 Å². The summed E-state index contributed by atoms with van der Waals surface area (Å²) in [5, 5.41) is 5.55. The van der Waals surface area contributed by atoms with Gasteiger partial charge >= 0.3 is 0 Å². The molecule has 2 aromatic carbocycles. The van der Waals surface area contributed by atoms with E-state index in [0.29, 0.717) is 24.6 Å². The van der Waals surface area contributed by atoms with Crippen molar-refractivity contribution in [2.75, 3.05) is 26.3 Å². The van der Waals surface area contributed by atoms with E-state index in [1.807, 2.05) is 54.6 Å². The lowest BCUT2D eigenvalue weighted by atomic mass is 10.1. The minimum absolute atomic E-state index is 0.00596. The molecule has 0 N–H and O–H groups in total. The van der Waals surface area contributed by atoms with Crippen LogP contribution in [0.25, 0.3) is 27.8 Å². The molecular weight excluding hydrogens is 366 g/mol. The average Bonchev–Trinajstić information content (AvgIpc) is 2.79. The predicted molar refractivity (Wildman–Crippen MR) is 111 cm³/mol. The first-order valence-corrected chi connectivity index (χ1v) is 9.79. The lowest BCUT2D eigenvalue weighted by Gasteiger charge is -2.32. The maximum absolute atomic E-state index is 12.8. The van der Waals surface area contributed by atoms with Gasteiger partial charge in [-0.3, -0.25) is 9.69 Å². The van der Waals surface area contributed by atoms with E-state index in [1.54, 1.807) is 4.52 Å². The molecule has 146 valence electrons. The van der Waals surface area contributed by atoms with Crippen LogP contribution in [-0.2, 0) is 4.74 Å². The lowest BCUT2D eigenvalue weighted by molar-refractivity contribution is 0.0178. The van der Waals surface area contributed by atoms with E-state index in [0.717, 1.165) is 35.4 Å². The Morgan fingerprint density at radius 2 is 1.69 bits per heavy atom.